The van der Waals surface area contributed by atoms with Crippen LogP contribution in [0.1, 0.15) is 13.3 Å². The Bertz CT molecular complexity index is 460. The molecule has 1 N–H and O–H groups in total. The fourth-order valence-corrected chi connectivity index (χ4v) is 1.47. The molecule has 0 aliphatic carbocycles. The van der Waals surface area contributed by atoms with Crippen LogP contribution in [0.3, 0.4) is 0 Å². The highest BCUT2D eigenvalue weighted by atomic mass is 16.6. The van der Waals surface area contributed by atoms with Crippen molar-refractivity contribution < 1.29 is 9.66 Å². The van der Waals surface area contributed by atoms with E-state index >= 15 is 0 Å². The Morgan fingerprint density at radius 1 is 1.53 bits per heavy atom. The minimum atomic E-state index is -0.571. The van der Waals surface area contributed by atoms with Crippen LogP contribution in [-0.4, -0.2) is 40.8 Å². The van der Waals surface area contributed by atoms with E-state index in [0.29, 0.717) is 26.3 Å². The number of nitrogens with one attached hydrogen (secondary N) is 1. The summed E-state index contributed by atoms with van der Waals surface area (Å²) in [6.07, 6.45) is 3.06. The number of ether oxygens (including phenoxy) is 1. The summed E-state index contributed by atoms with van der Waals surface area (Å²) in [7, 11) is 0. The van der Waals surface area contributed by atoms with Crippen molar-refractivity contribution >= 4 is 5.69 Å². The Kier molecular flexibility index (Phi) is 6.69. The molecule has 19 heavy (non-hydrogen) atoms. The molecule has 0 bridgehead atoms. The van der Waals surface area contributed by atoms with Gasteiger partial charge >= 0.3 is 11.4 Å². The van der Waals surface area contributed by atoms with Gasteiger partial charge in [0.15, 0.2) is 0 Å². The number of nitro groups is 1. The Balaban J connectivity index is 2.34. The van der Waals surface area contributed by atoms with Gasteiger partial charge < -0.3 is 10.1 Å². The minimum absolute atomic E-state index is 0.184. The summed E-state index contributed by atoms with van der Waals surface area (Å²) in [4.78, 5) is 24.8. The second-order valence-corrected chi connectivity index (χ2v) is 3.85. The lowest BCUT2D eigenvalue weighted by Gasteiger charge is -2.06. The number of rotatable bonds is 9. The molecule has 0 fully saturated rings. The third-order valence-corrected chi connectivity index (χ3v) is 2.43. The number of hydrogen-bond donors (Lipinski definition) is 1. The van der Waals surface area contributed by atoms with Crippen molar-refractivity contribution in [2.24, 2.45) is 0 Å². The molecule has 0 atom stereocenters. The Morgan fingerprint density at radius 3 is 3.00 bits per heavy atom. The lowest BCUT2D eigenvalue weighted by Crippen LogP contribution is -2.29. The topological polar surface area (TPSA) is 99.3 Å². The summed E-state index contributed by atoms with van der Waals surface area (Å²) in [5.74, 6) is 0. The first-order valence-electron chi connectivity index (χ1n) is 6.14. The van der Waals surface area contributed by atoms with Crippen molar-refractivity contribution in [3.63, 3.8) is 0 Å². The molecule has 0 aliphatic heterocycles. The molecule has 8 nitrogen and oxygen atoms in total. The maximum atomic E-state index is 11.4. The zero-order chi connectivity index (χ0) is 14.1. The Labute approximate surface area is 110 Å². The monoisotopic (exact) mass is 270 g/mol. The van der Waals surface area contributed by atoms with Crippen LogP contribution in [0.2, 0.25) is 0 Å². The summed E-state index contributed by atoms with van der Waals surface area (Å²) in [6.45, 7) is 5.01. The molecule has 8 heteroatoms. The summed E-state index contributed by atoms with van der Waals surface area (Å²) < 4.78 is 6.41. The first kappa shape index (κ1) is 15.3. The maximum absolute atomic E-state index is 11.4. The van der Waals surface area contributed by atoms with E-state index in [9.17, 15) is 14.9 Å². The van der Waals surface area contributed by atoms with Gasteiger partial charge in [-0.25, -0.2) is 4.79 Å². The summed E-state index contributed by atoms with van der Waals surface area (Å²) in [5.41, 5.74) is -0.669. The van der Waals surface area contributed by atoms with Gasteiger partial charge in [0.2, 0.25) is 0 Å². The molecule has 0 amide bonds. The minimum Gasteiger partial charge on any atom is -0.382 e. The highest BCUT2D eigenvalue weighted by Crippen LogP contribution is 2.03. The molecule has 0 spiro atoms. The summed E-state index contributed by atoms with van der Waals surface area (Å²) in [6, 6.07) is 0. The maximum Gasteiger partial charge on any atom is 0.348 e. The standard InChI is InChI=1S/C11H18N4O4/c1-2-19-7-3-4-12-5-6-14-9-10(15(17)18)8-13-11(14)16/h8-9,12H,2-7H2,1H3. The van der Waals surface area contributed by atoms with Gasteiger partial charge in [0.05, 0.1) is 11.1 Å². The van der Waals surface area contributed by atoms with Crippen LogP contribution < -0.4 is 11.0 Å². The quantitative estimate of drug-likeness (QED) is 0.390. The predicted molar refractivity (Wildman–Crippen MR) is 69.1 cm³/mol. The zero-order valence-electron chi connectivity index (χ0n) is 10.9. The SMILES string of the molecule is CCOCCCNCCn1cc([N+](=O)[O-])cnc1=O. The first-order valence-corrected chi connectivity index (χ1v) is 6.14. The van der Waals surface area contributed by atoms with Gasteiger partial charge in [0, 0.05) is 26.3 Å². The molecule has 106 valence electrons. The van der Waals surface area contributed by atoms with E-state index < -0.39 is 10.6 Å². The summed E-state index contributed by atoms with van der Waals surface area (Å²) >= 11 is 0. The third-order valence-electron chi connectivity index (χ3n) is 2.43. The van der Waals surface area contributed by atoms with Crippen molar-refractivity contribution in [3.05, 3.63) is 33.0 Å². The zero-order valence-corrected chi connectivity index (χ0v) is 10.9. The van der Waals surface area contributed by atoms with E-state index in [4.69, 9.17) is 4.74 Å². The average Bonchev–Trinajstić information content (AvgIpc) is 2.39. The van der Waals surface area contributed by atoms with Crippen LogP contribution in [-0.2, 0) is 11.3 Å². The highest BCUT2D eigenvalue weighted by molar-refractivity contribution is 5.20. The van der Waals surface area contributed by atoms with Crippen LogP contribution in [0, 0.1) is 10.1 Å². The second-order valence-electron chi connectivity index (χ2n) is 3.85. The van der Waals surface area contributed by atoms with Crippen molar-refractivity contribution in [1.29, 1.82) is 0 Å². The van der Waals surface area contributed by atoms with E-state index in [2.05, 4.69) is 10.3 Å². The van der Waals surface area contributed by atoms with Crippen molar-refractivity contribution in [2.45, 2.75) is 19.9 Å². The van der Waals surface area contributed by atoms with Gasteiger partial charge in [0.1, 0.15) is 6.20 Å². The van der Waals surface area contributed by atoms with Crippen LogP contribution >= 0.6 is 0 Å². The molecule has 0 aromatic carbocycles. The molecular weight excluding hydrogens is 252 g/mol. The molecule has 0 radical (unpaired) electrons. The molecule has 0 saturated heterocycles. The first-order chi connectivity index (χ1) is 9.15. The van der Waals surface area contributed by atoms with E-state index in [1.54, 1.807) is 0 Å². The van der Waals surface area contributed by atoms with Gasteiger partial charge in [-0.3, -0.25) is 14.7 Å². The van der Waals surface area contributed by atoms with Crippen LogP contribution in [0.25, 0.3) is 0 Å². The molecule has 0 unspecified atom stereocenters. The van der Waals surface area contributed by atoms with Crippen LogP contribution in [0.4, 0.5) is 5.69 Å². The van der Waals surface area contributed by atoms with Crippen LogP contribution in [0.15, 0.2) is 17.2 Å². The number of hydrogen-bond acceptors (Lipinski definition) is 6. The lowest BCUT2D eigenvalue weighted by atomic mass is 10.4. The van der Waals surface area contributed by atoms with Gasteiger partial charge in [-0.15, -0.1) is 0 Å². The van der Waals surface area contributed by atoms with E-state index in [1.807, 2.05) is 6.92 Å². The largest absolute Gasteiger partial charge is 0.382 e. The fraction of sp³-hybridized carbons (Fsp3) is 0.636. The normalized spacial score (nSPS) is 10.6. The smallest absolute Gasteiger partial charge is 0.348 e. The van der Waals surface area contributed by atoms with Crippen molar-refractivity contribution in [3.8, 4) is 0 Å². The third kappa shape index (κ3) is 5.58. The predicted octanol–water partition coefficient (Wildman–Crippen LogP) is 0.168. The van der Waals surface area contributed by atoms with Gasteiger partial charge in [-0.1, -0.05) is 0 Å². The number of aromatic nitrogens is 2. The van der Waals surface area contributed by atoms with Crippen molar-refractivity contribution in [2.75, 3.05) is 26.3 Å². The average molecular weight is 270 g/mol. The fourth-order valence-electron chi connectivity index (χ4n) is 1.47. The van der Waals surface area contributed by atoms with E-state index in [0.717, 1.165) is 19.2 Å². The summed E-state index contributed by atoms with van der Waals surface area (Å²) in [5, 5.41) is 13.7. The molecule has 0 aliphatic rings. The molecule has 1 rings (SSSR count). The molecule has 1 heterocycles. The van der Waals surface area contributed by atoms with E-state index in [1.165, 1.54) is 10.8 Å². The second kappa shape index (κ2) is 8.33. The molecule has 1 aromatic heterocycles. The Hall–Kier alpha value is -1.80. The Morgan fingerprint density at radius 2 is 2.32 bits per heavy atom. The van der Waals surface area contributed by atoms with Gasteiger partial charge in [0.25, 0.3) is 0 Å². The van der Waals surface area contributed by atoms with Crippen LogP contribution in [0.5, 0.6) is 0 Å². The van der Waals surface area contributed by atoms with Gasteiger partial charge in [-0.05, 0) is 19.9 Å². The molecular formula is C11H18N4O4. The highest BCUT2D eigenvalue weighted by Gasteiger charge is 2.08. The molecule has 0 saturated carbocycles. The number of nitrogens with zero attached hydrogens (tertiary/aromatic N) is 3. The van der Waals surface area contributed by atoms with Crippen molar-refractivity contribution in [1.82, 2.24) is 14.9 Å². The lowest BCUT2D eigenvalue weighted by molar-refractivity contribution is -0.385. The molecule has 1 aromatic rings. The van der Waals surface area contributed by atoms with Gasteiger partial charge in [-0.2, -0.15) is 4.98 Å². The van der Waals surface area contributed by atoms with E-state index in [-0.39, 0.29) is 5.69 Å².